The molecule has 6 heteroatoms. The second-order valence-corrected chi connectivity index (χ2v) is 10.5. The number of benzene rings is 3. The molecule has 1 N–H and O–H groups in total. The molecule has 3 aromatic carbocycles. The maximum atomic E-state index is 10.0. The number of nitrogens with zero attached hydrogens (tertiary/aromatic N) is 1. The minimum Gasteiger partial charge on any atom is -0.541 e. The number of hydrogen-bond donors (Lipinski definition) is 1. The molecule has 2 radical (unpaired) electrons. The Morgan fingerprint density at radius 1 is 0.917 bits per heavy atom. The third-order valence-corrected chi connectivity index (χ3v) is 7.33. The molecule has 2 heterocycles. The summed E-state index contributed by atoms with van der Waals surface area (Å²) in [6.07, 6.45) is 4.68. The lowest BCUT2D eigenvalue weighted by atomic mass is 9.98. The maximum Gasteiger partial charge on any atom is 0.310 e. The first-order chi connectivity index (χ1) is 17.7. The van der Waals surface area contributed by atoms with E-state index in [1.54, 1.807) is 12.1 Å². The zero-order valence-electron chi connectivity index (χ0n) is 20.8. The molecular weight excluding hydrogens is 466 g/mol. The van der Waals surface area contributed by atoms with Crippen molar-refractivity contribution in [2.75, 3.05) is 26.2 Å². The van der Waals surface area contributed by atoms with Crippen molar-refractivity contribution in [3.8, 4) is 28.6 Å². The Hall–Kier alpha value is -3.22. The summed E-state index contributed by atoms with van der Waals surface area (Å²) in [5.74, 6) is 2.79. The van der Waals surface area contributed by atoms with Gasteiger partial charge in [-0.25, -0.2) is 0 Å². The lowest BCUT2D eigenvalue weighted by Crippen LogP contribution is -2.33. The molecule has 1 aliphatic heterocycles. The molecule has 4 aromatic rings. The van der Waals surface area contributed by atoms with Gasteiger partial charge < -0.3 is 18.7 Å². The Kier molecular flexibility index (Phi) is 7.94. The van der Waals surface area contributed by atoms with Crippen LogP contribution >= 0.6 is 0 Å². The fraction of sp³-hybridized carbons (Fsp3) is 0.333. The van der Waals surface area contributed by atoms with Gasteiger partial charge in [0.2, 0.25) is 0 Å². The second kappa shape index (κ2) is 11.7. The number of aromatic hydroxyl groups is 1. The van der Waals surface area contributed by atoms with Crippen LogP contribution in [0.3, 0.4) is 0 Å². The smallest absolute Gasteiger partial charge is 0.310 e. The van der Waals surface area contributed by atoms with Crippen molar-refractivity contribution in [2.24, 2.45) is 0 Å². The van der Waals surface area contributed by atoms with Crippen LogP contribution in [0.5, 0.6) is 17.2 Å². The van der Waals surface area contributed by atoms with E-state index in [4.69, 9.17) is 13.6 Å². The number of hydrogen-bond acceptors (Lipinski definition) is 5. The molecule has 0 atom stereocenters. The first kappa shape index (κ1) is 24.5. The van der Waals surface area contributed by atoms with E-state index in [1.807, 2.05) is 30.3 Å². The van der Waals surface area contributed by atoms with Gasteiger partial charge in [-0.1, -0.05) is 25.5 Å². The number of phenolic OH excluding ortho intramolecular Hbond substituents is 1. The molecule has 1 fully saturated rings. The molecule has 5 rings (SSSR count). The highest BCUT2D eigenvalue weighted by molar-refractivity contribution is 6.28. The number of piperidine rings is 1. The summed E-state index contributed by atoms with van der Waals surface area (Å²) in [7, 11) is 0.460. The molecule has 186 valence electrons. The number of ether oxygens (including phenoxy) is 1. The fourth-order valence-corrected chi connectivity index (χ4v) is 5.21. The maximum absolute atomic E-state index is 10.0. The number of furan rings is 1. The van der Waals surface area contributed by atoms with E-state index in [2.05, 4.69) is 36.1 Å². The Balaban J connectivity index is 1.32. The van der Waals surface area contributed by atoms with Gasteiger partial charge in [0.05, 0.1) is 0 Å². The molecule has 1 aliphatic rings. The molecule has 36 heavy (non-hydrogen) atoms. The highest BCUT2D eigenvalue weighted by Gasteiger charge is 2.17. The highest BCUT2D eigenvalue weighted by atomic mass is 28.2. The zero-order valence-corrected chi connectivity index (χ0v) is 21.8. The van der Waals surface area contributed by atoms with Crippen molar-refractivity contribution < 1.29 is 18.7 Å². The van der Waals surface area contributed by atoms with E-state index in [9.17, 15) is 5.11 Å². The van der Waals surface area contributed by atoms with E-state index < -0.39 is 0 Å². The topological polar surface area (TPSA) is 55.1 Å². The van der Waals surface area contributed by atoms with Crippen LogP contribution in [0.15, 0.2) is 71.1 Å². The minimum atomic E-state index is 0.199. The van der Waals surface area contributed by atoms with Gasteiger partial charge in [-0.3, -0.25) is 4.90 Å². The molecule has 5 nitrogen and oxygen atoms in total. The Morgan fingerprint density at radius 3 is 2.42 bits per heavy atom. The highest BCUT2D eigenvalue weighted by Crippen LogP contribution is 2.37. The Labute approximate surface area is 215 Å². The van der Waals surface area contributed by atoms with Crippen LogP contribution in [-0.2, 0) is 6.42 Å². The number of likely N-dealkylation sites (tertiary alicyclic amines) is 1. The third kappa shape index (κ3) is 5.94. The van der Waals surface area contributed by atoms with Crippen LogP contribution in [0.2, 0.25) is 6.04 Å². The van der Waals surface area contributed by atoms with Crippen LogP contribution in [0.1, 0.15) is 37.3 Å². The van der Waals surface area contributed by atoms with Crippen LogP contribution < -0.4 is 9.16 Å². The molecule has 0 amide bonds. The standard InChI is InChI=1S/C30H33NO4Si/c1-2-36-35-26-13-8-23(9-14-26)30-28(27-15-10-24(32)21-29(27)34-30)20-22-6-11-25(12-7-22)33-19-18-31-16-4-3-5-17-31/h6-15,21,32H,2-5,16-20H2,1H3. The van der Waals surface area contributed by atoms with Crippen molar-refractivity contribution in [3.63, 3.8) is 0 Å². The summed E-state index contributed by atoms with van der Waals surface area (Å²) >= 11 is 0. The fourth-order valence-electron chi connectivity index (χ4n) is 4.76. The summed E-state index contributed by atoms with van der Waals surface area (Å²) in [6.45, 7) is 6.20. The van der Waals surface area contributed by atoms with Gasteiger partial charge in [-0.05, 0) is 86.1 Å². The Morgan fingerprint density at radius 2 is 1.67 bits per heavy atom. The molecule has 0 saturated carbocycles. The third-order valence-electron chi connectivity index (χ3n) is 6.66. The first-order valence-electron chi connectivity index (χ1n) is 12.9. The predicted octanol–water partition coefficient (Wildman–Crippen LogP) is 6.70. The lowest BCUT2D eigenvalue weighted by molar-refractivity contribution is 0.183. The van der Waals surface area contributed by atoms with Crippen molar-refractivity contribution in [3.05, 3.63) is 77.9 Å². The van der Waals surface area contributed by atoms with E-state index in [-0.39, 0.29) is 5.75 Å². The summed E-state index contributed by atoms with van der Waals surface area (Å²) in [5, 5.41) is 11.0. The summed E-state index contributed by atoms with van der Waals surface area (Å²) in [6, 6.07) is 22.8. The first-order valence-corrected chi connectivity index (χ1v) is 14.0. The minimum absolute atomic E-state index is 0.199. The van der Waals surface area contributed by atoms with E-state index in [0.717, 1.165) is 59.4 Å². The summed E-state index contributed by atoms with van der Waals surface area (Å²) in [5.41, 5.74) is 3.96. The normalized spacial score (nSPS) is 14.2. The average molecular weight is 500 g/mol. The number of phenols is 1. The van der Waals surface area contributed by atoms with Gasteiger partial charge in [-0.2, -0.15) is 0 Å². The van der Waals surface area contributed by atoms with E-state index in [0.29, 0.717) is 15.3 Å². The van der Waals surface area contributed by atoms with Crippen LogP contribution in [-0.4, -0.2) is 46.0 Å². The van der Waals surface area contributed by atoms with Gasteiger partial charge in [-0.15, -0.1) is 0 Å². The molecule has 0 spiro atoms. The molecule has 0 aliphatic carbocycles. The quantitative estimate of drug-likeness (QED) is 0.246. The van der Waals surface area contributed by atoms with E-state index in [1.165, 1.54) is 37.9 Å². The zero-order chi connectivity index (χ0) is 24.7. The van der Waals surface area contributed by atoms with Gasteiger partial charge >= 0.3 is 9.76 Å². The molecule has 1 aromatic heterocycles. The lowest BCUT2D eigenvalue weighted by Gasteiger charge is -2.26. The van der Waals surface area contributed by atoms with Gasteiger partial charge in [0.1, 0.15) is 35.2 Å². The number of fused-ring (bicyclic) bond motifs is 1. The van der Waals surface area contributed by atoms with Crippen molar-refractivity contribution >= 4 is 20.7 Å². The summed E-state index contributed by atoms with van der Waals surface area (Å²) < 4.78 is 18.1. The molecule has 0 bridgehead atoms. The molecule has 1 saturated heterocycles. The molecular formula is C30H33NO4Si. The SMILES string of the molecule is CC[Si]Oc1ccc(-c2oc3cc(O)ccc3c2Cc2ccc(OCCN3CCCCC3)cc2)cc1. The largest absolute Gasteiger partial charge is 0.541 e. The number of rotatable bonds is 10. The van der Waals surface area contributed by atoms with Crippen molar-refractivity contribution in [2.45, 2.75) is 38.7 Å². The summed E-state index contributed by atoms with van der Waals surface area (Å²) in [4.78, 5) is 2.49. The monoisotopic (exact) mass is 499 g/mol. The van der Waals surface area contributed by atoms with Crippen LogP contribution in [0.25, 0.3) is 22.3 Å². The second-order valence-electron chi connectivity index (χ2n) is 9.29. The van der Waals surface area contributed by atoms with Crippen LogP contribution in [0.4, 0.5) is 0 Å². The van der Waals surface area contributed by atoms with Gasteiger partial charge in [0.25, 0.3) is 0 Å². The van der Waals surface area contributed by atoms with Crippen molar-refractivity contribution in [1.82, 2.24) is 4.90 Å². The Bertz CT molecular complexity index is 1260. The van der Waals surface area contributed by atoms with Gasteiger partial charge in [0.15, 0.2) is 0 Å². The average Bonchev–Trinajstić information content (AvgIpc) is 3.26. The van der Waals surface area contributed by atoms with Crippen LogP contribution in [0, 0.1) is 0 Å². The van der Waals surface area contributed by atoms with Gasteiger partial charge in [0, 0.05) is 35.5 Å². The van der Waals surface area contributed by atoms with Crippen molar-refractivity contribution in [1.29, 1.82) is 0 Å². The molecule has 0 unspecified atom stereocenters. The van der Waals surface area contributed by atoms with E-state index >= 15 is 0 Å². The predicted molar refractivity (Wildman–Crippen MR) is 145 cm³/mol.